The van der Waals surface area contributed by atoms with Gasteiger partial charge in [0.1, 0.15) is 5.82 Å². The lowest BCUT2D eigenvalue weighted by Gasteiger charge is -2.28. The highest BCUT2D eigenvalue weighted by Crippen LogP contribution is 2.37. The van der Waals surface area contributed by atoms with Crippen molar-refractivity contribution in [1.82, 2.24) is 0 Å². The maximum atomic E-state index is 13.1. The molecule has 29 heavy (non-hydrogen) atoms. The molecular weight excluding hydrogens is 355 g/mol. The summed E-state index contributed by atoms with van der Waals surface area (Å²) < 4.78 is 13.1. The standard InChI is InChI=1S/C28H47F/c1-2-3-4-5-6-7-8-9-10-11-12-13-14-15-16-25-17-19-26(20-18-25)27-21-23-28(29)24-22-27/h21-26H,2-20H2,1H3. The van der Waals surface area contributed by atoms with Crippen LogP contribution in [0.25, 0.3) is 0 Å². The van der Waals surface area contributed by atoms with Crippen molar-refractivity contribution < 1.29 is 4.39 Å². The molecule has 0 saturated heterocycles. The smallest absolute Gasteiger partial charge is 0.123 e. The summed E-state index contributed by atoms with van der Waals surface area (Å²) in [6.45, 7) is 2.29. The second kappa shape index (κ2) is 15.9. The molecule has 1 heteroatoms. The van der Waals surface area contributed by atoms with E-state index in [0.717, 1.165) is 5.92 Å². The summed E-state index contributed by atoms with van der Waals surface area (Å²) >= 11 is 0. The molecule has 0 bridgehead atoms. The summed E-state index contributed by atoms with van der Waals surface area (Å²) in [5.74, 6) is 1.51. The van der Waals surface area contributed by atoms with Gasteiger partial charge in [-0.15, -0.1) is 0 Å². The van der Waals surface area contributed by atoms with E-state index in [1.165, 1.54) is 128 Å². The van der Waals surface area contributed by atoms with Crippen LogP contribution in [0, 0.1) is 11.7 Å². The number of benzene rings is 1. The Hall–Kier alpha value is -0.850. The zero-order valence-corrected chi connectivity index (χ0v) is 19.3. The third kappa shape index (κ3) is 11.2. The number of hydrogen-bond donors (Lipinski definition) is 0. The molecule has 1 aliphatic carbocycles. The summed E-state index contributed by atoms with van der Waals surface area (Å²) in [6.07, 6.45) is 27.0. The van der Waals surface area contributed by atoms with Gasteiger partial charge in [0.05, 0.1) is 0 Å². The highest BCUT2D eigenvalue weighted by molar-refractivity contribution is 5.20. The molecule has 1 fully saturated rings. The summed E-state index contributed by atoms with van der Waals surface area (Å²) in [5, 5.41) is 0. The Morgan fingerprint density at radius 3 is 1.55 bits per heavy atom. The summed E-state index contributed by atoms with van der Waals surface area (Å²) in [7, 11) is 0. The van der Waals surface area contributed by atoms with Crippen LogP contribution in [0.5, 0.6) is 0 Å². The molecule has 0 amide bonds. The van der Waals surface area contributed by atoms with Crippen LogP contribution >= 0.6 is 0 Å². The first-order valence-electron chi connectivity index (χ1n) is 13.0. The first kappa shape index (κ1) is 24.4. The van der Waals surface area contributed by atoms with Crippen molar-refractivity contribution in [2.45, 2.75) is 135 Å². The Morgan fingerprint density at radius 2 is 1.07 bits per heavy atom. The van der Waals surface area contributed by atoms with Gasteiger partial charge in [-0.05, 0) is 55.2 Å². The van der Waals surface area contributed by atoms with E-state index in [-0.39, 0.29) is 5.82 Å². The Morgan fingerprint density at radius 1 is 0.621 bits per heavy atom. The van der Waals surface area contributed by atoms with Gasteiger partial charge >= 0.3 is 0 Å². The summed E-state index contributed by atoms with van der Waals surface area (Å²) in [5.41, 5.74) is 1.35. The molecule has 1 aromatic carbocycles. The lowest BCUT2D eigenvalue weighted by Crippen LogP contribution is -2.13. The van der Waals surface area contributed by atoms with Gasteiger partial charge in [-0.1, -0.05) is 115 Å². The summed E-state index contributed by atoms with van der Waals surface area (Å²) in [6, 6.07) is 7.23. The molecule has 0 unspecified atom stereocenters. The van der Waals surface area contributed by atoms with Crippen molar-refractivity contribution in [2.75, 3.05) is 0 Å². The van der Waals surface area contributed by atoms with Gasteiger partial charge in [0, 0.05) is 0 Å². The molecule has 1 aliphatic rings. The number of halogens is 1. The SMILES string of the molecule is CCCCCCCCCCCCCCCCC1CCC(c2ccc(F)cc2)CC1. The molecule has 0 radical (unpaired) electrons. The van der Waals surface area contributed by atoms with E-state index in [1.807, 2.05) is 12.1 Å². The molecule has 166 valence electrons. The molecular formula is C28H47F. The van der Waals surface area contributed by atoms with Crippen molar-refractivity contribution in [3.8, 4) is 0 Å². The Bertz CT molecular complexity index is 484. The second-order valence-corrected chi connectivity index (χ2v) is 9.65. The molecule has 0 nitrogen and oxygen atoms in total. The van der Waals surface area contributed by atoms with E-state index in [0.29, 0.717) is 5.92 Å². The topological polar surface area (TPSA) is 0 Å². The minimum atomic E-state index is -0.111. The van der Waals surface area contributed by atoms with Crippen LogP contribution in [0.3, 0.4) is 0 Å². The molecule has 0 aromatic heterocycles. The van der Waals surface area contributed by atoms with Crippen LogP contribution in [0.2, 0.25) is 0 Å². The van der Waals surface area contributed by atoms with Crippen LogP contribution in [0.1, 0.15) is 140 Å². The minimum absolute atomic E-state index is 0.111. The van der Waals surface area contributed by atoms with Crippen molar-refractivity contribution in [3.05, 3.63) is 35.6 Å². The zero-order valence-electron chi connectivity index (χ0n) is 19.3. The fourth-order valence-electron chi connectivity index (χ4n) is 5.15. The molecule has 0 spiro atoms. The van der Waals surface area contributed by atoms with E-state index in [9.17, 15) is 4.39 Å². The number of rotatable bonds is 16. The monoisotopic (exact) mass is 402 g/mol. The van der Waals surface area contributed by atoms with Crippen LogP contribution in [-0.4, -0.2) is 0 Å². The van der Waals surface area contributed by atoms with E-state index >= 15 is 0 Å². The van der Waals surface area contributed by atoms with Gasteiger partial charge in [0.15, 0.2) is 0 Å². The largest absolute Gasteiger partial charge is 0.207 e. The average Bonchev–Trinajstić information content (AvgIpc) is 2.75. The fraction of sp³-hybridized carbons (Fsp3) is 0.786. The lowest BCUT2D eigenvalue weighted by atomic mass is 9.77. The normalized spacial score (nSPS) is 19.5. The van der Waals surface area contributed by atoms with Gasteiger partial charge in [-0.2, -0.15) is 0 Å². The quantitative estimate of drug-likeness (QED) is 0.241. The third-order valence-electron chi connectivity index (χ3n) is 7.15. The Kier molecular flexibility index (Phi) is 13.4. The number of hydrogen-bond acceptors (Lipinski definition) is 0. The van der Waals surface area contributed by atoms with E-state index in [4.69, 9.17) is 0 Å². The van der Waals surface area contributed by atoms with Crippen LogP contribution in [-0.2, 0) is 0 Å². The fourth-order valence-corrected chi connectivity index (χ4v) is 5.15. The maximum Gasteiger partial charge on any atom is 0.123 e. The zero-order chi connectivity index (χ0) is 20.6. The average molecular weight is 403 g/mol. The molecule has 0 aliphatic heterocycles. The molecule has 1 saturated carbocycles. The minimum Gasteiger partial charge on any atom is -0.207 e. The molecule has 0 N–H and O–H groups in total. The summed E-state index contributed by atoms with van der Waals surface area (Å²) in [4.78, 5) is 0. The highest BCUT2D eigenvalue weighted by atomic mass is 19.1. The van der Waals surface area contributed by atoms with Crippen molar-refractivity contribution >= 4 is 0 Å². The van der Waals surface area contributed by atoms with Crippen LogP contribution < -0.4 is 0 Å². The predicted molar refractivity (Wildman–Crippen MR) is 126 cm³/mol. The van der Waals surface area contributed by atoms with Gasteiger partial charge < -0.3 is 0 Å². The van der Waals surface area contributed by atoms with Crippen LogP contribution in [0.15, 0.2) is 24.3 Å². The third-order valence-corrected chi connectivity index (χ3v) is 7.15. The van der Waals surface area contributed by atoms with Gasteiger partial charge in [-0.25, -0.2) is 4.39 Å². The van der Waals surface area contributed by atoms with E-state index < -0.39 is 0 Å². The first-order chi connectivity index (χ1) is 14.3. The number of unbranched alkanes of at least 4 members (excludes halogenated alkanes) is 13. The molecule has 2 rings (SSSR count). The molecule has 0 atom stereocenters. The van der Waals surface area contributed by atoms with Gasteiger partial charge in [0.25, 0.3) is 0 Å². The first-order valence-corrected chi connectivity index (χ1v) is 13.0. The van der Waals surface area contributed by atoms with Gasteiger partial charge in [0.2, 0.25) is 0 Å². The van der Waals surface area contributed by atoms with Crippen molar-refractivity contribution in [1.29, 1.82) is 0 Å². The Balaban J connectivity index is 1.35. The van der Waals surface area contributed by atoms with Crippen molar-refractivity contribution in [2.24, 2.45) is 5.92 Å². The molecule has 1 aromatic rings. The maximum absolute atomic E-state index is 13.1. The lowest BCUT2D eigenvalue weighted by molar-refractivity contribution is 0.301. The molecule has 0 heterocycles. The predicted octanol–water partition coefficient (Wildman–Crippen LogP) is 9.97. The Labute approximate surface area is 181 Å². The van der Waals surface area contributed by atoms with Gasteiger partial charge in [-0.3, -0.25) is 0 Å². The van der Waals surface area contributed by atoms with Crippen molar-refractivity contribution in [3.63, 3.8) is 0 Å². The highest BCUT2D eigenvalue weighted by Gasteiger charge is 2.21. The van der Waals surface area contributed by atoms with E-state index in [2.05, 4.69) is 6.92 Å². The second-order valence-electron chi connectivity index (χ2n) is 9.65. The van der Waals surface area contributed by atoms with E-state index in [1.54, 1.807) is 12.1 Å². The van der Waals surface area contributed by atoms with Crippen LogP contribution in [0.4, 0.5) is 4.39 Å².